The van der Waals surface area contributed by atoms with Crippen LogP contribution in [0.2, 0.25) is 0 Å². The first kappa shape index (κ1) is 7.56. The maximum absolute atomic E-state index is 9.57. The first-order chi connectivity index (χ1) is 2.43. The van der Waals surface area contributed by atoms with Crippen LogP contribution in [-0.4, -0.2) is 19.3 Å². The Kier molecular flexibility index (Phi) is 4.46. The van der Waals surface area contributed by atoms with Crippen LogP contribution in [0.3, 0.4) is 0 Å². The van der Waals surface area contributed by atoms with E-state index in [0.29, 0.717) is 6.61 Å². The molecule has 2 nitrogen and oxygen atoms in total. The van der Waals surface area contributed by atoms with Gasteiger partial charge in [0.2, 0.25) is 0 Å². The summed E-state index contributed by atoms with van der Waals surface area (Å²) < 4.78 is 4.55. The molecule has 3 heteroatoms. The molecule has 0 amide bonds. The van der Waals surface area contributed by atoms with Crippen LogP contribution in [0.25, 0.3) is 0 Å². The van der Waals surface area contributed by atoms with E-state index >= 15 is 0 Å². The van der Waals surface area contributed by atoms with Crippen LogP contribution >= 0.6 is 0 Å². The van der Waals surface area contributed by atoms with Gasteiger partial charge in [-0.25, -0.2) is 0 Å². The molecule has 0 spiro atoms. The second-order valence-corrected chi connectivity index (χ2v) is 1.12. The monoisotopic (exact) mass is 112 g/mol. The maximum Gasteiger partial charge on any atom is 1.00 e. The standard InChI is InChI=1S/C3H5O2.K/c4-1-3-2-5-3;/h3H,1-2H2;/q-1;+1. The third kappa shape index (κ3) is 2.68. The van der Waals surface area contributed by atoms with E-state index in [2.05, 4.69) is 4.74 Å². The van der Waals surface area contributed by atoms with Gasteiger partial charge in [0.25, 0.3) is 0 Å². The first-order valence-electron chi connectivity index (χ1n) is 1.63. The minimum absolute atomic E-state index is 0. The van der Waals surface area contributed by atoms with Gasteiger partial charge in [-0.15, -0.1) is 6.61 Å². The van der Waals surface area contributed by atoms with Crippen LogP contribution in [0.5, 0.6) is 0 Å². The zero-order valence-corrected chi connectivity index (χ0v) is 6.93. The molecule has 0 saturated carbocycles. The number of hydrogen-bond acceptors (Lipinski definition) is 2. The maximum atomic E-state index is 9.57. The molecule has 1 fully saturated rings. The molecule has 0 aromatic rings. The van der Waals surface area contributed by atoms with Crippen molar-refractivity contribution in [2.75, 3.05) is 13.2 Å². The third-order valence-electron chi connectivity index (χ3n) is 0.588. The van der Waals surface area contributed by atoms with E-state index in [-0.39, 0.29) is 64.1 Å². The summed E-state index contributed by atoms with van der Waals surface area (Å²) in [6, 6.07) is 0. The number of ether oxygens (including phenoxy) is 1. The van der Waals surface area contributed by atoms with Crippen LogP contribution in [-0.2, 0) is 4.74 Å². The molecule has 0 radical (unpaired) electrons. The predicted octanol–water partition coefficient (Wildman–Crippen LogP) is -4.25. The molecular formula is C3H5KO2. The van der Waals surface area contributed by atoms with Gasteiger partial charge in [-0.3, -0.25) is 0 Å². The fourth-order valence-corrected chi connectivity index (χ4v) is 0.164. The number of rotatable bonds is 1. The van der Waals surface area contributed by atoms with Crippen molar-refractivity contribution in [2.24, 2.45) is 0 Å². The Balaban J connectivity index is 0.000000250. The molecule has 1 aliphatic rings. The second kappa shape index (κ2) is 3.55. The molecular weight excluding hydrogens is 107 g/mol. The van der Waals surface area contributed by atoms with Crippen LogP contribution in [0.4, 0.5) is 0 Å². The summed E-state index contributed by atoms with van der Waals surface area (Å²) in [7, 11) is 0. The molecule has 0 aromatic heterocycles. The third-order valence-corrected chi connectivity index (χ3v) is 0.588. The summed E-state index contributed by atoms with van der Waals surface area (Å²) in [6.07, 6.45) is 0.0787. The average Bonchev–Trinajstić information content (AvgIpc) is 2.12. The summed E-state index contributed by atoms with van der Waals surface area (Å²) >= 11 is 0. The van der Waals surface area contributed by atoms with E-state index in [1.54, 1.807) is 0 Å². The largest absolute Gasteiger partial charge is 1.00 e. The Morgan fingerprint density at radius 2 is 2.33 bits per heavy atom. The van der Waals surface area contributed by atoms with Gasteiger partial charge in [0, 0.05) is 0 Å². The quantitative estimate of drug-likeness (QED) is 0.254. The van der Waals surface area contributed by atoms with E-state index < -0.39 is 0 Å². The summed E-state index contributed by atoms with van der Waals surface area (Å²) in [4.78, 5) is 0. The zero-order valence-electron chi connectivity index (χ0n) is 3.81. The van der Waals surface area contributed by atoms with Crippen LogP contribution in [0.15, 0.2) is 0 Å². The summed E-state index contributed by atoms with van der Waals surface area (Å²) in [6.45, 7) is 0.642. The molecule has 1 atom stereocenters. The minimum Gasteiger partial charge on any atom is -0.853 e. The minimum atomic E-state index is -0.0556. The van der Waals surface area contributed by atoms with Gasteiger partial charge in [0.1, 0.15) is 0 Å². The topological polar surface area (TPSA) is 35.6 Å². The predicted molar refractivity (Wildman–Crippen MR) is 14.6 cm³/mol. The summed E-state index contributed by atoms with van der Waals surface area (Å²) in [5.74, 6) is 0. The van der Waals surface area contributed by atoms with Gasteiger partial charge in [-0.05, 0) is 0 Å². The van der Waals surface area contributed by atoms with E-state index in [0.717, 1.165) is 0 Å². The Morgan fingerprint density at radius 3 is 2.33 bits per heavy atom. The van der Waals surface area contributed by atoms with E-state index in [9.17, 15) is 5.11 Å². The fraction of sp³-hybridized carbons (Fsp3) is 1.00. The van der Waals surface area contributed by atoms with Crippen molar-refractivity contribution in [3.05, 3.63) is 0 Å². The molecule has 0 N–H and O–H groups in total. The number of epoxide rings is 1. The van der Waals surface area contributed by atoms with Gasteiger partial charge in [0.15, 0.2) is 0 Å². The average molecular weight is 112 g/mol. The molecule has 0 aromatic carbocycles. The van der Waals surface area contributed by atoms with E-state index in [4.69, 9.17) is 0 Å². The Morgan fingerprint density at radius 1 is 1.83 bits per heavy atom. The molecule has 1 saturated heterocycles. The van der Waals surface area contributed by atoms with Crippen LogP contribution in [0.1, 0.15) is 0 Å². The Labute approximate surface area is 79.3 Å². The van der Waals surface area contributed by atoms with Crippen molar-refractivity contribution in [1.82, 2.24) is 0 Å². The summed E-state index contributed by atoms with van der Waals surface area (Å²) in [5, 5.41) is 9.57. The second-order valence-electron chi connectivity index (χ2n) is 1.12. The van der Waals surface area contributed by atoms with Crippen molar-refractivity contribution in [3.8, 4) is 0 Å². The molecule has 0 bridgehead atoms. The molecule has 1 heterocycles. The van der Waals surface area contributed by atoms with Crippen molar-refractivity contribution in [3.63, 3.8) is 0 Å². The van der Waals surface area contributed by atoms with E-state index in [1.165, 1.54) is 0 Å². The van der Waals surface area contributed by atoms with Gasteiger partial charge in [0.05, 0.1) is 12.7 Å². The van der Waals surface area contributed by atoms with Crippen molar-refractivity contribution < 1.29 is 61.2 Å². The fourth-order valence-electron chi connectivity index (χ4n) is 0.164. The molecule has 30 valence electrons. The van der Waals surface area contributed by atoms with Crippen LogP contribution in [0, 0.1) is 0 Å². The first-order valence-corrected chi connectivity index (χ1v) is 1.63. The van der Waals surface area contributed by atoms with Gasteiger partial charge in [-0.2, -0.15) is 0 Å². The molecule has 1 unspecified atom stereocenters. The van der Waals surface area contributed by atoms with Crippen molar-refractivity contribution >= 4 is 0 Å². The smallest absolute Gasteiger partial charge is 0.853 e. The molecule has 1 aliphatic heterocycles. The van der Waals surface area contributed by atoms with Gasteiger partial charge in [-0.1, -0.05) is 0 Å². The SMILES string of the molecule is [K+].[O-]CC1CO1. The summed E-state index contributed by atoms with van der Waals surface area (Å²) in [5.41, 5.74) is 0. The van der Waals surface area contributed by atoms with Crippen molar-refractivity contribution in [2.45, 2.75) is 6.10 Å². The van der Waals surface area contributed by atoms with Gasteiger partial charge >= 0.3 is 51.4 Å². The van der Waals surface area contributed by atoms with Gasteiger partial charge < -0.3 is 9.84 Å². The molecule has 6 heavy (non-hydrogen) atoms. The molecule has 1 rings (SSSR count). The number of hydrogen-bond donors (Lipinski definition) is 0. The zero-order chi connectivity index (χ0) is 3.70. The Bertz CT molecular complexity index is 35.8. The Hall–Kier alpha value is 1.56. The normalized spacial score (nSPS) is 28.5. The molecule has 0 aliphatic carbocycles. The van der Waals surface area contributed by atoms with E-state index in [1.807, 2.05) is 0 Å². The van der Waals surface area contributed by atoms with Crippen molar-refractivity contribution in [1.29, 1.82) is 0 Å². The van der Waals surface area contributed by atoms with Crippen LogP contribution < -0.4 is 56.5 Å².